The molecule has 1 aliphatic heterocycles. The van der Waals surface area contributed by atoms with Gasteiger partial charge in [0.15, 0.2) is 5.76 Å². The lowest BCUT2D eigenvalue weighted by molar-refractivity contribution is 0.174. The average molecular weight is 288 g/mol. The number of hydrogen-bond acceptors (Lipinski definition) is 4. The number of aromatic nitrogens is 2. The van der Waals surface area contributed by atoms with Gasteiger partial charge in [0.25, 0.3) is 0 Å². The maximum absolute atomic E-state index is 5.69. The zero-order chi connectivity index (χ0) is 14.8. The summed E-state index contributed by atoms with van der Waals surface area (Å²) in [5.41, 5.74) is 2.15. The van der Waals surface area contributed by atoms with Crippen LogP contribution in [0.2, 0.25) is 0 Å². The first kappa shape index (κ1) is 14.4. The number of rotatable bonds is 4. The highest BCUT2D eigenvalue weighted by atomic mass is 16.3. The molecule has 2 aromatic heterocycles. The summed E-state index contributed by atoms with van der Waals surface area (Å²) in [4.78, 5) is 2.40. The van der Waals surface area contributed by atoms with E-state index in [0.717, 1.165) is 42.4 Å². The van der Waals surface area contributed by atoms with Crippen LogP contribution in [0, 0.1) is 12.8 Å². The Kier molecular flexibility index (Phi) is 4.12. The minimum atomic E-state index is 0.572. The summed E-state index contributed by atoms with van der Waals surface area (Å²) in [6.45, 7) is 7.42. The molecular weight excluding hydrogens is 264 g/mol. The van der Waals surface area contributed by atoms with Gasteiger partial charge in [-0.15, -0.1) is 0 Å². The van der Waals surface area contributed by atoms with Gasteiger partial charge in [0.1, 0.15) is 11.5 Å². The van der Waals surface area contributed by atoms with Gasteiger partial charge in [-0.3, -0.25) is 5.10 Å². The van der Waals surface area contributed by atoms with Gasteiger partial charge in [-0.1, -0.05) is 6.92 Å². The molecule has 2 N–H and O–H groups in total. The topological polar surface area (TPSA) is 57.1 Å². The van der Waals surface area contributed by atoms with Gasteiger partial charge in [-0.05, 0) is 45.0 Å². The zero-order valence-electron chi connectivity index (χ0n) is 13.0. The highest BCUT2D eigenvalue weighted by Crippen LogP contribution is 2.24. The molecule has 2 atom stereocenters. The molecule has 1 fully saturated rings. The van der Waals surface area contributed by atoms with Gasteiger partial charge in [-0.25, -0.2) is 0 Å². The SMILES string of the molecule is Cc1ccc(-c2[nH]ncc2CNC2CCN(C)CC2C)o1. The number of furan rings is 1. The Morgan fingerprint density at radius 2 is 2.33 bits per heavy atom. The van der Waals surface area contributed by atoms with Crippen molar-refractivity contribution in [3.63, 3.8) is 0 Å². The number of hydrogen-bond donors (Lipinski definition) is 2. The van der Waals surface area contributed by atoms with Gasteiger partial charge in [0, 0.05) is 24.7 Å². The second-order valence-electron chi connectivity index (χ2n) is 6.20. The van der Waals surface area contributed by atoms with Crippen LogP contribution in [0.3, 0.4) is 0 Å². The van der Waals surface area contributed by atoms with Crippen molar-refractivity contribution >= 4 is 0 Å². The number of nitrogens with one attached hydrogen (secondary N) is 2. The Hall–Kier alpha value is -1.59. The van der Waals surface area contributed by atoms with Crippen LogP contribution >= 0.6 is 0 Å². The predicted molar refractivity (Wildman–Crippen MR) is 82.9 cm³/mol. The largest absolute Gasteiger partial charge is 0.460 e. The fourth-order valence-electron chi connectivity index (χ4n) is 3.13. The molecule has 21 heavy (non-hydrogen) atoms. The summed E-state index contributed by atoms with van der Waals surface area (Å²) in [7, 11) is 2.19. The van der Waals surface area contributed by atoms with Crippen LogP contribution in [0.5, 0.6) is 0 Å². The average Bonchev–Trinajstić information content (AvgIpc) is 3.06. The number of aryl methyl sites for hydroxylation is 1. The summed E-state index contributed by atoms with van der Waals surface area (Å²) in [5.74, 6) is 2.45. The highest BCUT2D eigenvalue weighted by Gasteiger charge is 2.24. The standard InChI is InChI=1S/C16H24N4O/c1-11-10-20(3)7-6-14(11)17-8-13-9-18-19-16(13)15-5-4-12(2)21-15/h4-5,9,11,14,17H,6-8,10H2,1-3H3,(H,18,19). The van der Waals surface area contributed by atoms with Crippen molar-refractivity contribution < 1.29 is 4.42 Å². The molecule has 3 heterocycles. The molecule has 114 valence electrons. The quantitative estimate of drug-likeness (QED) is 0.907. The Balaban J connectivity index is 1.65. The molecule has 5 heteroatoms. The van der Waals surface area contributed by atoms with Crippen LogP contribution in [-0.4, -0.2) is 41.3 Å². The van der Waals surface area contributed by atoms with Crippen molar-refractivity contribution in [1.29, 1.82) is 0 Å². The van der Waals surface area contributed by atoms with Gasteiger partial charge >= 0.3 is 0 Å². The van der Waals surface area contributed by atoms with E-state index in [0.29, 0.717) is 12.0 Å². The zero-order valence-corrected chi connectivity index (χ0v) is 13.0. The number of likely N-dealkylation sites (tertiary alicyclic amines) is 1. The fourth-order valence-corrected chi connectivity index (χ4v) is 3.13. The van der Waals surface area contributed by atoms with Crippen LogP contribution < -0.4 is 5.32 Å². The molecule has 3 rings (SSSR count). The molecular formula is C16H24N4O. The number of piperidine rings is 1. The summed E-state index contributed by atoms with van der Waals surface area (Å²) in [5, 5.41) is 10.9. The second kappa shape index (κ2) is 6.03. The molecule has 1 aliphatic rings. The van der Waals surface area contributed by atoms with Crippen LogP contribution in [0.25, 0.3) is 11.5 Å². The first-order valence-corrected chi connectivity index (χ1v) is 7.64. The van der Waals surface area contributed by atoms with Crippen LogP contribution in [0.1, 0.15) is 24.7 Å². The Labute approximate surface area is 125 Å². The Morgan fingerprint density at radius 1 is 1.48 bits per heavy atom. The lowest BCUT2D eigenvalue weighted by atomic mass is 9.94. The molecule has 0 aliphatic carbocycles. The van der Waals surface area contributed by atoms with E-state index in [9.17, 15) is 0 Å². The van der Waals surface area contributed by atoms with Crippen molar-refractivity contribution in [3.8, 4) is 11.5 Å². The fraction of sp³-hybridized carbons (Fsp3) is 0.562. The Bertz CT molecular complexity index is 589. The normalized spacial score (nSPS) is 23.6. The minimum absolute atomic E-state index is 0.572. The van der Waals surface area contributed by atoms with E-state index < -0.39 is 0 Å². The molecule has 0 radical (unpaired) electrons. The van der Waals surface area contributed by atoms with Crippen molar-refractivity contribution in [2.24, 2.45) is 5.92 Å². The molecule has 0 saturated carbocycles. The summed E-state index contributed by atoms with van der Waals surface area (Å²) in [6, 6.07) is 4.54. The third-order valence-electron chi connectivity index (χ3n) is 4.37. The first-order valence-electron chi connectivity index (χ1n) is 7.64. The third-order valence-corrected chi connectivity index (χ3v) is 4.37. The van der Waals surface area contributed by atoms with E-state index in [1.807, 2.05) is 25.3 Å². The smallest absolute Gasteiger partial charge is 0.152 e. The molecule has 0 aromatic carbocycles. The Morgan fingerprint density at radius 3 is 3.05 bits per heavy atom. The van der Waals surface area contributed by atoms with Gasteiger partial charge in [-0.2, -0.15) is 5.10 Å². The van der Waals surface area contributed by atoms with Crippen LogP contribution in [-0.2, 0) is 6.54 Å². The number of aromatic amines is 1. The first-order chi connectivity index (χ1) is 10.1. The van der Waals surface area contributed by atoms with E-state index in [1.54, 1.807) is 0 Å². The van der Waals surface area contributed by atoms with E-state index in [-0.39, 0.29) is 0 Å². The lowest BCUT2D eigenvalue weighted by Crippen LogP contribution is -2.46. The van der Waals surface area contributed by atoms with E-state index >= 15 is 0 Å². The molecule has 1 saturated heterocycles. The highest BCUT2D eigenvalue weighted by molar-refractivity contribution is 5.56. The van der Waals surface area contributed by atoms with Gasteiger partial charge in [0.2, 0.25) is 0 Å². The summed E-state index contributed by atoms with van der Waals surface area (Å²) < 4.78 is 5.69. The molecule has 0 spiro atoms. The lowest BCUT2D eigenvalue weighted by Gasteiger charge is -2.35. The molecule has 2 unspecified atom stereocenters. The molecule has 0 bridgehead atoms. The third kappa shape index (κ3) is 3.19. The molecule has 2 aromatic rings. The van der Waals surface area contributed by atoms with E-state index in [4.69, 9.17) is 4.42 Å². The predicted octanol–water partition coefficient (Wildman–Crippen LogP) is 2.41. The molecule has 5 nitrogen and oxygen atoms in total. The van der Waals surface area contributed by atoms with Gasteiger partial charge < -0.3 is 14.6 Å². The number of nitrogens with zero attached hydrogens (tertiary/aromatic N) is 2. The molecule has 0 amide bonds. The van der Waals surface area contributed by atoms with Crippen molar-refractivity contribution in [2.45, 2.75) is 32.9 Å². The van der Waals surface area contributed by atoms with Crippen molar-refractivity contribution in [2.75, 3.05) is 20.1 Å². The van der Waals surface area contributed by atoms with Gasteiger partial charge in [0.05, 0.1) is 6.20 Å². The monoisotopic (exact) mass is 288 g/mol. The van der Waals surface area contributed by atoms with E-state index in [1.165, 1.54) is 6.42 Å². The summed E-state index contributed by atoms with van der Waals surface area (Å²) in [6.07, 6.45) is 3.09. The van der Waals surface area contributed by atoms with Crippen LogP contribution in [0.15, 0.2) is 22.7 Å². The maximum Gasteiger partial charge on any atom is 0.152 e. The summed E-state index contributed by atoms with van der Waals surface area (Å²) >= 11 is 0. The van der Waals surface area contributed by atoms with Crippen molar-refractivity contribution in [1.82, 2.24) is 20.4 Å². The minimum Gasteiger partial charge on any atom is -0.460 e. The van der Waals surface area contributed by atoms with Crippen LogP contribution in [0.4, 0.5) is 0 Å². The maximum atomic E-state index is 5.69. The second-order valence-corrected chi connectivity index (χ2v) is 6.20. The van der Waals surface area contributed by atoms with Crippen molar-refractivity contribution in [3.05, 3.63) is 29.7 Å². The number of H-pyrrole nitrogens is 1. The van der Waals surface area contributed by atoms with E-state index in [2.05, 4.69) is 34.4 Å².